The number of aliphatic carboxylic acids is 1. The van der Waals surface area contributed by atoms with Crippen molar-refractivity contribution >= 4 is 23.9 Å². The van der Waals surface area contributed by atoms with Crippen LogP contribution in [0.4, 0.5) is 0 Å². The van der Waals surface area contributed by atoms with Crippen molar-refractivity contribution in [1.82, 2.24) is 10.4 Å². The summed E-state index contributed by atoms with van der Waals surface area (Å²) in [7, 11) is 0. The second kappa shape index (κ2) is 7.80. The Hall–Kier alpha value is -2.87. The lowest BCUT2D eigenvalue weighted by Crippen LogP contribution is -2.54. The van der Waals surface area contributed by atoms with Crippen molar-refractivity contribution in [2.45, 2.75) is 26.3 Å². The molecule has 8 heteroatoms. The molecule has 1 saturated heterocycles. The highest BCUT2D eigenvalue weighted by molar-refractivity contribution is 6.06. The zero-order valence-electron chi connectivity index (χ0n) is 13.9. The van der Waals surface area contributed by atoms with E-state index in [0.29, 0.717) is 22.8 Å². The molecular formula is C17H20N2O6. The second-order valence-electron chi connectivity index (χ2n) is 5.82. The highest BCUT2D eigenvalue weighted by Gasteiger charge is 2.33. The first-order valence-corrected chi connectivity index (χ1v) is 7.80. The highest BCUT2D eigenvalue weighted by atomic mass is 16.5. The minimum atomic E-state index is -0.936. The van der Waals surface area contributed by atoms with Crippen LogP contribution in [0.5, 0.6) is 5.75 Å². The molecule has 0 unspecified atom stereocenters. The van der Waals surface area contributed by atoms with Gasteiger partial charge in [-0.25, -0.2) is 5.06 Å². The molecule has 2 amide bonds. The summed E-state index contributed by atoms with van der Waals surface area (Å²) in [4.78, 5) is 34.3. The number of piperazine rings is 1. The van der Waals surface area contributed by atoms with Gasteiger partial charge in [0, 0.05) is 0 Å². The summed E-state index contributed by atoms with van der Waals surface area (Å²) in [6, 6.07) is 5.77. The van der Waals surface area contributed by atoms with Gasteiger partial charge in [-0.1, -0.05) is 19.1 Å². The van der Waals surface area contributed by atoms with Crippen LogP contribution in [0.2, 0.25) is 0 Å². The lowest BCUT2D eigenvalue weighted by molar-refractivity contribution is -0.178. The molecule has 1 aromatic carbocycles. The van der Waals surface area contributed by atoms with Crippen LogP contribution >= 0.6 is 0 Å². The summed E-state index contributed by atoms with van der Waals surface area (Å²) in [5.41, 5.74) is 0.618. The summed E-state index contributed by atoms with van der Waals surface area (Å²) in [6.45, 7) is 3.31. The summed E-state index contributed by atoms with van der Waals surface area (Å²) in [5.74, 6) is -1.93. The number of carbonyl (C=O) groups excluding carboxylic acids is 2. The fraction of sp³-hybridized carbons (Fsp3) is 0.353. The SMILES string of the molecule is C[C@@H](CCOc1ccc(C=C2NC(=O)[C@H](C)N(O)C2=O)cc1)C(=O)O. The molecular weight excluding hydrogens is 328 g/mol. The monoisotopic (exact) mass is 348 g/mol. The van der Waals surface area contributed by atoms with E-state index in [-0.39, 0.29) is 12.3 Å². The van der Waals surface area contributed by atoms with Crippen molar-refractivity contribution in [3.05, 3.63) is 35.5 Å². The van der Waals surface area contributed by atoms with E-state index in [0.717, 1.165) is 0 Å². The first kappa shape index (κ1) is 18.5. The third-order valence-corrected chi connectivity index (χ3v) is 3.87. The van der Waals surface area contributed by atoms with E-state index >= 15 is 0 Å². The summed E-state index contributed by atoms with van der Waals surface area (Å²) in [5, 5.41) is 21.3. The predicted molar refractivity (Wildman–Crippen MR) is 87.6 cm³/mol. The number of carboxylic acid groups (broad SMARTS) is 1. The molecule has 0 spiro atoms. The fourth-order valence-electron chi connectivity index (χ4n) is 2.10. The minimum absolute atomic E-state index is 0.0189. The Bertz CT molecular complexity index is 698. The van der Waals surface area contributed by atoms with Crippen molar-refractivity contribution in [3.63, 3.8) is 0 Å². The third-order valence-electron chi connectivity index (χ3n) is 3.87. The molecule has 1 fully saturated rings. The average Bonchev–Trinajstić information content (AvgIpc) is 2.59. The van der Waals surface area contributed by atoms with Gasteiger partial charge in [0.05, 0.1) is 12.5 Å². The van der Waals surface area contributed by atoms with Crippen LogP contribution in [0.15, 0.2) is 30.0 Å². The third kappa shape index (κ3) is 4.57. The van der Waals surface area contributed by atoms with Gasteiger partial charge in [0.15, 0.2) is 0 Å². The highest BCUT2D eigenvalue weighted by Crippen LogP contribution is 2.17. The topological polar surface area (TPSA) is 116 Å². The molecule has 134 valence electrons. The smallest absolute Gasteiger partial charge is 0.306 e. The van der Waals surface area contributed by atoms with Crippen LogP contribution in [0.3, 0.4) is 0 Å². The van der Waals surface area contributed by atoms with E-state index in [1.165, 1.54) is 13.0 Å². The number of carboxylic acids is 1. The molecule has 3 N–H and O–H groups in total. The molecule has 2 rings (SSSR count). The van der Waals surface area contributed by atoms with Gasteiger partial charge in [-0.2, -0.15) is 0 Å². The molecule has 1 aliphatic heterocycles. The summed E-state index contributed by atoms with van der Waals surface area (Å²) in [6.07, 6.45) is 1.85. The maximum absolute atomic E-state index is 11.9. The number of hydrogen-bond acceptors (Lipinski definition) is 5. The molecule has 8 nitrogen and oxygen atoms in total. The number of rotatable bonds is 6. The van der Waals surface area contributed by atoms with E-state index in [1.807, 2.05) is 0 Å². The molecule has 2 atom stereocenters. The second-order valence-corrected chi connectivity index (χ2v) is 5.82. The fourth-order valence-corrected chi connectivity index (χ4v) is 2.10. The number of nitrogens with zero attached hydrogens (tertiary/aromatic N) is 1. The number of benzene rings is 1. The molecule has 0 aromatic heterocycles. The Kier molecular flexibility index (Phi) is 5.76. The normalized spacial score (nSPS) is 20.4. The standard InChI is InChI=1S/C17H20N2O6/c1-10(17(22)23)7-8-25-13-5-3-12(4-6-13)9-14-16(21)19(24)11(2)15(20)18-14/h3-6,9-11,24H,7-8H2,1-2H3,(H,18,20)(H,22,23)/t10-,11-/m0/s1. The van der Waals surface area contributed by atoms with Crippen molar-refractivity contribution in [2.24, 2.45) is 5.92 Å². The number of ether oxygens (including phenoxy) is 1. The zero-order chi connectivity index (χ0) is 18.6. The summed E-state index contributed by atoms with van der Waals surface area (Å²) < 4.78 is 5.47. The van der Waals surface area contributed by atoms with E-state index in [2.05, 4.69) is 5.32 Å². The predicted octanol–water partition coefficient (Wildman–Crippen LogP) is 1.25. The molecule has 0 bridgehead atoms. The summed E-state index contributed by atoms with van der Waals surface area (Å²) >= 11 is 0. The maximum atomic E-state index is 11.9. The van der Waals surface area contributed by atoms with E-state index in [1.54, 1.807) is 31.2 Å². The molecule has 25 heavy (non-hydrogen) atoms. The van der Waals surface area contributed by atoms with Crippen LogP contribution in [-0.4, -0.2) is 45.8 Å². The molecule has 0 saturated carbocycles. The van der Waals surface area contributed by atoms with Gasteiger partial charge < -0.3 is 15.2 Å². The van der Waals surface area contributed by atoms with Crippen molar-refractivity contribution < 1.29 is 29.4 Å². The number of hydrogen-bond donors (Lipinski definition) is 3. The Balaban J connectivity index is 1.99. The molecule has 0 radical (unpaired) electrons. The van der Waals surface area contributed by atoms with Crippen LogP contribution in [0.25, 0.3) is 6.08 Å². The average molecular weight is 348 g/mol. The lowest BCUT2D eigenvalue weighted by Gasteiger charge is -2.28. The van der Waals surface area contributed by atoms with Crippen LogP contribution in [0, 0.1) is 5.92 Å². The van der Waals surface area contributed by atoms with E-state index < -0.39 is 29.7 Å². The van der Waals surface area contributed by atoms with Crippen LogP contribution in [-0.2, 0) is 14.4 Å². The van der Waals surface area contributed by atoms with Crippen molar-refractivity contribution in [3.8, 4) is 5.75 Å². The van der Waals surface area contributed by atoms with E-state index in [9.17, 15) is 19.6 Å². The van der Waals surface area contributed by atoms with Gasteiger partial charge in [0.25, 0.3) is 5.91 Å². The number of amides is 2. The largest absolute Gasteiger partial charge is 0.494 e. The Morgan fingerprint density at radius 3 is 2.60 bits per heavy atom. The van der Waals surface area contributed by atoms with Crippen molar-refractivity contribution in [2.75, 3.05) is 6.61 Å². The molecule has 1 aliphatic rings. The maximum Gasteiger partial charge on any atom is 0.306 e. The Labute approximate surface area is 144 Å². The van der Waals surface area contributed by atoms with Crippen LogP contribution < -0.4 is 10.1 Å². The molecule has 0 aliphatic carbocycles. The first-order chi connectivity index (χ1) is 11.8. The quantitative estimate of drug-likeness (QED) is 0.526. The first-order valence-electron chi connectivity index (χ1n) is 7.80. The van der Waals surface area contributed by atoms with Gasteiger partial charge in [-0.15, -0.1) is 0 Å². The molecule has 1 aromatic rings. The van der Waals surface area contributed by atoms with Gasteiger partial charge in [0.1, 0.15) is 17.5 Å². The number of nitrogens with one attached hydrogen (secondary N) is 1. The minimum Gasteiger partial charge on any atom is -0.494 e. The van der Waals surface area contributed by atoms with Gasteiger partial charge in [-0.05, 0) is 37.1 Å². The lowest BCUT2D eigenvalue weighted by atomic mass is 10.1. The van der Waals surface area contributed by atoms with Crippen LogP contribution in [0.1, 0.15) is 25.8 Å². The van der Waals surface area contributed by atoms with Gasteiger partial charge >= 0.3 is 5.97 Å². The number of carbonyl (C=O) groups is 3. The van der Waals surface area contributed by atoms with Gasteiger partial charge in [0.2, 0.25) is 5.91 Å². The van der Waals surface area contributed by atoms with Crippen molar-refractivity contribution in [1.29, 1.82) is 0 Å². The van der Waals surface area contributed by atoms with E-state index in [4.69, 9.17) is 9.84 Å². The molecule has 1 heterocycles. The van der Waals surface area contributed by atoms with Gasteiger partial charge in [-0.3, -0.25) is 19.6 Å². The Morgan fingerprint density at radius 1 is 1.36 bits per heavy atom. The number of hydroxylamine groups is 2. The zero-order valence-corrected chi connectivity index (χ0v) is 13.9. The Morgan fingerprint density at radius 2 is 2.00 bits per heavy atom.